The summed E-state index contributed by atoms with van der Waals surface area (Å²) >= 11 is 0. The Kier molecular flexibility index (Phi) is 7.21. The van der Waals surface area contributed by atoms with Gasteiger partial charge in [0.15, 0.2) is 0 Å². The quantitative estimate of drug-likeness (QED) is 0.707. The minimum absolute atomic E-state index is 0.0344. The third kappa shape index (κ3) is 5.50. The minimum Gasteiger partial charge on any atom is -0.366 e. The molecule has 4 nitrogen and oxygen atoms in total. The Balaban J connectivity index is 2.20. The van der Waals surface area contributed by atoms with Crippen molar-refractivity contribution >= 4 is 5.91 Å². The van der Waals surface area contributed by atoms with Gasteiger partial charge in [-0.25, -0.2) is 0 Å². The molecule has 17 heavy (non-hydrogen) atoms. The van der Waals surface area contributed by atoms with Crippen molar-refractivity contribution < 1.29 is 9.53 Å². The van der Waals surface area contributed by atoms with Crippen LogP contribution in [0, 0.1) is 5.92 Å². The van der Waals surface area contributed by atoms with Gasteiger partial charge in [-0.1, -0.05) is 33.1 Å². The summed E-state index contributed by atoms with van der Waals surface area (Å²) in [6.45, 7) is 7.29. The molecule has 1 saturated heterocycles. The summed E-state index contributed by atoms with van der Waals surface area (Å²) in [4.78, 5) is 11.8. The van der Waals surface area contributed by atoms with Gasteiger partial charge in [-0.05, 0) is 12.3 Å². The highest BCUT2D eigenvalue weighted by Crippen LogP contribution is 2.11. The van der Waals surface area contributed by atoms with Gasteiger partial charge in [-0.3, -0.25) is 4.79 Å². The Bertz CT molecular complexity index is 215. The van der Waals surface area contributed by atoms with Crippen LogP contribution in [0.15, 0.2) is 0 Å². The molecule has 0 spiro atoms. The number of rotatable bonds is 7. The van der Waals surface area contributed by atoms with Crippen LogP contribution in [0.2, 0.25) is 0 Å². The van der Waals surface area contributed by atoms with E-state index in [1.165, 1.54) is 19.3 Å². The number of hydrogen-bond donors (Lipinski definition) is 2. The van der Waals surface area contributed by atoms with E-state index >= 15 is 0 Å². The van der Waals surface area contributed by atoms with Gasteiger partial charge in [0, 0.05) is 19.6 Å². The standard InChI is InChI=1S/C13H26N2O2/c1-3-5-6-11(4-2)9-15-13(16)12-10-14-7-8-17-12/h11-12,14H,3-10H2,1-2H3,(H,15,16). The average molecular weight is 242 g/mol. The Morgan fingerprint density at radius 2 is 2.35 bits per heavy atom. The van der Waals surface area contributed by atoms with E-state index < -0.39 is 0 Å². The highest BCUT2D eigenvalue weighted by molar-refractivity contribution is 5.81. The van der Waals surface area contributed by atoms with Crippen molar-refractivity contribution in [3.8, 4) is 0 Å². The van der Waals surface area contributed by atoms with Crippen molar-refractivity contribution in [3.63, 3.8) is 0 Å². The predicted octanol–water partition coefficient (Wildman–Crippen LogP) is 1.31. The first-order valence-corrected chi connectivity index (χ1v) is 6.88. The first kappa shape index (κ1) is 14.5. The second kappa shape index (κ2) is 8.48. The molecule has 1 rings (SSSR count). The van der Waals surface area contributed by atoms with E-state index in [9.17, 15) is 4.79 Å². The smallest absolute Gasteiger partial charge is 0.250 e. The SMILES string of the molecule is CCCCC(CC)CNC(=O)C1CNCCO1. The summed E-state index contributed by atoms with van der Waals surface area (Å²) in [6.07, 6.45) is 4.50. The van der Waals surface area contributed by atoms with E-state index in [1.54, 1.807) is 0 Å². The number of unbranched alkanes of at least 4 members (excludes halogenated alkanes) is 1. The lowest BCUT2D eigenvalue weighted by Gasteiger charge is -2.24. The van der Waals surface area contributed by atoms with Crippen LogP contribution in [0.3, 0.4) is 0 Å². The highest BCUT2D eigenvalue weighted by atomic mass is 16.5. The number of hydrogen-bond acceptors (Lipinski definition) is 3. The molecule has 0 aromatic carbocycles. The molecule has 4 heteroatoms. The van der Waals surface area contributed by atoms with Crippen molar-refractivity contribution in [2.75, 3.05) is 26.2 Å². The molecule has 1 fully saturated rings. The largest absolute Gasteiger partial charge is 0.366 e. The van der Waals surface area contributed by atoms with Gasteiger partial charge in [-0.15, -0.1) is 0 Å². The van der Waals surface area contributed by atoms with Crippen LogP contribution in [0.5, 0.6) is 0 Å². The van der Waals surface area contributed by atoms with Crippen LogP contribution >= 0.6 is 0 Å². The van der Waals surface area contributed by atoms with E-state index in [-0.39, 0.29) is 12.0 Å². The molecular weight excluding hydrogens is 216 g/mol. The molecule has 0 saturated carbocycles. The second-order valence-corrected chi connectivity index (χ2v) is 4.73. The highest BCUT2D eigenvalue weighted by Gasteiger charge is 2.21. The van der Waals surface area contributed by atoms with Gasteiger partial charge in [0.05, 0.1) is 6.61 Å². The molecule has 0 aromatic heterocycles. The van der Waals surface area contributed by atoms with Crippen LogP contribution in [0.1, 0.15) is 39.5 Å². The summed E-state index contributed by atoms with van der Waals surface area (Å²) in [5.74, 6) is 0.641. The monoisotopic (exact) mass is 242 g/mol. The van der Waals surface area contributed by atoms with Gasteiger partial charge in [0.2, 0.25) is 5.91 Å². The summed E-state index contributed by atoms with van der Waals surface area (Å²) in [5, 5.41) is 6.17. The Hall–Kier alpha value is -0.610. The summed E-state index contributed by atoms with van der Waals surface area (Å²) in [7, 11) is 0. The van der Waals surface area contributed by atoms with E-state index in [2.05, 4.69) is 24.5 Å². The lowest BCUT2D eigenvalue weighted by atomic mass is 9.99. The van der Waals surface area contributed by atoms with E-state index in [0.29, 0.717) is 19.1 Å². The topological polar surface area (TPSA) is 50.4 Å². The van der Waals surface area contributed by atoms with Crippen LogP contribution in [0.4, 0.5) is 0 Å². The Morgan fingerprint density at radius 3 is 2.94 bits per heavy atom. The molecular formula is C13H26N2O2. The predicted molar refractivity (Wildman–Crippen MR) is 68.9 cm³/mol. The van der Waals surface area contributed by atoms with Crippen LogP contribution in [0.25, 0.3) is 0 Å². The maximum Gasteiger partial charge on any atom is 0.250 e. The number of amides is 1. The molecule has 0 aromatic rings. The minimum atomic E-state index is -0.299. The molecule has 0 radical (unpaired) electrons. The van der Waals surface area contributed by atoms with Gasteiger partial charge in [0.25, 0.3) is 0 Å². The van der Waals surface area contributed by atoms with Gasteiger partial charge < -0.3 is 15.4 Å². The van der Waals surface area contributed by atoms with Crippen molar-refractivity contribution in [2.45, 2.75) is 45.6 Å². The molecule has 0 aliphatic carbocycles. The molecule has 1 amide bonds. The maximum atomic E-state index is 11.8. The third-order valence-electron chi connectivity index (χ3n) is 3.33. The molecule has 1 heterocycles. The molecule has 1 aliphatic heterocycles. The van der Waals surface area contributed by atoms with Crippen molar-refractivity contribution in [2.24, 2.45) is 5.92 Å². The first-order chi connectivity index (χ1) is 8.27. The number of ether oxygens (including phenoxy) is 1. The normalized spacial score (nSPS) is 22.1. The zero-order chi connectivity index (χ0) is 12.5. The molecule has 2 unspecified atom stereocenters. The van der Waals surface area contributed by atoms with Crippen molar-refractivity contribution in [1.82, 2.24) is 10.6 Å². The van der Waals surface area contributed by atoms with Crippen LogP contribution < -0.4 is 10.6 Å². The van der Waals surface area contributed by atoms with E-state index in [1.807, 2.05) is 0 Å². The maximum absolute atomic E-state index is 11.8. The molecule has 0 bridgehead atoms. The number of nitrogens with one attached hydrogen (secondary N) is 2. The second-order valence-electron chi connectivity index (χ2n) is 4.73. The number of carbonyl (C=O) groups is 1. The molecule has 100 valence electrons. The van der Waals surface area contributed by atoms with Gasteiger partial charge in [-0.2, -0.15) is 0 Å². The fourth-order valence-electron chi connectivity index (χ4n) is 2.04. The first-order valence-electron chi connectivity index (χ1n) is 6.88. The lowest BCUT2D eigenvalue weighted by molar-refractivity contribution is -0.134. The Labute approximate surface area is 104 Å². The Morgan fingerprint density at radius 1 is 1.53 bits per heavy atom. The van der Waals surface area contributed by atoms with E-state index in [0.717, 1.165) is 19.5 Å². The zero-order valence-electron chi connectivity index (χ0n) is 11.1. The fourth-order valence-corrected chi connectivity index (χ4v) is 2.04. The summed E-state index contributed by atoms with van der Waals surface area (Å²) in [6, 6.07) is 0. The van der Waals surface area contributed by atoms with Crippen LogP contribution in [-0.4, -0.2) is 38.3 Å². The third-order valence-corrected chi connectivity index (χ3v) is 3.33. The summed E-state index contributed by atoms with van der Waals surface area (Å²) < 4.78 is 5.41. The summed E-state index contributed by atoms with van der Waals surface area (Å²) in [5.41, 5.74) is 0. The molecule has 2 atom stereocenters. The zero-order valence-corrected chi connectivity index (χ0v) is 11.1. The molecule has 1 aliphatic rings. The number of carbonyl (C=O) groups excluding carboxylic acids is 1. The average Bonchev–Trinajstić information content (AvgIpc) is 2.39. The van der Waals surface area contributed by atoms with E-state index in [4.69, 9.17) is 4.74 Å². The van der Waals surface area contributed by atoms with Gasteiger partial charge in [0.1, 0.15) is 6.10 Å². The van der Waals surface area contributed by atoms with Gasteiger partial charge >= 0.3 is 0 Å². The fraction of sp³-hybridized carbons (Fsp3) is 0.923. The van der Waals surface area contributed by atoms with Crippen molar-refractivity contribution in [3.05, 3.63) is 0 Å². The van der Waals surface area contributed by atoms with Crippen LogP contribution in [-0.2, 0) is 9.53 Å². The number of morpholine rings is 1. The molecule has 2 N–H and O–H groups in total. The van der Waals surface area contributed by atoms with Crippen molar-refractivity contribution in [1.29, 1.82) is 0 Å². The lowest BCUT2D eigenvalue weighted by Crippen LogP contribution is -2.48.